The third-order valence-electron chi connectivity index (χ3n) is 6.92. The number of nitrogens with zero attached hydrogens (tertiary/aromatic N) is 2. The van der Waals surface area contributed by atoms with Gasteiger partial charge in [-0.25, -0.2) is 0 Å². The van der Waals surface area contributed by atoms with E-state index in [0.29, 0.717) is 24.2 Å². The van der Waals surface area contributed by atoms with Gasteiger partial charge in [0.1, 0.15) is 0 Å². The molecule has 184 valence electrons. The molecule has 0 aliphatic carbocycles. The molecule has 0 bridgehead atoms. The van der Waals surface area contributed by atoms with Crippen LogP contribution in [0.5, 0.6) is 0 Å². The summed E-state index contributed by atoms with van der Waals surface area (Å²) in [6, 6.07) is 5.60. The molecule has 0 spiro atoms. The maximum atomic E-state index is 12.8. The molecule has 6 heteroatoms. The molecule has 2 aliphatic heterocycles. The normalized spacial score (nSPS) is 17.8. The number of likely N-dealkylation sites (tertiary alicyclic amines) is 2. The highest BCUT2D eigenvalue weighted by molar-refractivity contribution is 6.00. The van der Waals surface area contributed by atoms with Crippen molar-refractivity contribution in [3.05, 3.63) is 34.9 Å². The molecule has 33 heavy (non-hydrogen) atoms. The van der Waals surface area contributed by atoms with E-state index in [1.807, 2.05) is 12.1 Å². The summed E-state index contributed by atoms with van der Waals surface area (Å²) in [7, 11) is 0. The standard InChI is InChI=1S/C27H44N4O2/c1-22(2)23-19-24(26(32)28-11-9-17-30-13-5-3-6-14-30)21-25(20-23)27(33)29-12-10-18-31-15-7-4-8-16-31/h19-22H,3-18H2,1-2H3,(H,28,32)(H,29,33). The van der Waals surface area contributed by atoms with Crippen LogP contribution in [0, 0.1) is 0 Å². The molecule has 0 aromatic heterocycles. The second-order valence-corrected chi connectivity index (χ2v) is 10.0. The summed E-state index contributed by atoms with van der Waals surface area (Å²) in [6.07, 6.45) is 9.76. The van der Waals surface area contributed by atoms with Crippen molar-refractivity contribution in [1.82, 2.24) is 20.4 Å². The van der Waals surface area contributed by atoms with E-state index in [2.05, 4.69) is 34.3 Å². The van der Waals surface area contributed by atoms with Crippen LogP contribution in [-0.2, 0) is 0 Å². The van der Waals surface area contributed by atoms with Crippen molar-refractivity contribution in [3.63, 3.8) is 0 Å². The zero-order valence-electron chi connectivity index (χ0n) is 20.8. The summed E-state index contributed by atoms with van der Waals surface area (Å²) < 4.78 is 0. The zero-order valence-corrected chi connectivity index (χ0v) is 20.8. The number of benzene rings is 1. The van der Waals surface area contributed by atoms with Crippen molar-refractivity contribution in [3.8, 4) is 0 Å². The Morgan fingerprint density at radius 2 is 1.15 bits per heavy atom. The first-order valence-corrected chi connectivity index (χ1v) is 13.2. The molecule has 3 rings (SSSR count). The number of rotatable bonds is 11. The second-order valence-electron chi connectivity index (χ2n) is 10.0. The first-order valence-electron chi connectivity index (χ1n) is 13.2. The van der Waals surface area contributed by atoms with E-state index >= 15 is 0 Å². The topological polar surface area (TPSA) is 64.7 Å². The number of hydrogen-bond acceptors (Lipinski definition) is 4. The highest BCUT2D eigenvalue weighted by Crippen LogP contribution is 2.19. The van der Waals surface area contributed by atoms with Crippen molar-refractivity contribution in [2.75, 3.05) is 52.4 Å². The minimum absolute atomic E-state index is 0.0877. The van der Waals surface area contributed by atoms with Crippen molar-refractivity contribution in [2.24, 2.45) is 0 Å². The van der Waals surface area contributed by atoms with Crippen LogP contribution in [0.4, 0.5) is 0 Å². The van der Waals surface area contributed by atoms with Crippen LogP contribution in [0.1, 0.15) is 97.4 Å². The summed E-state index contributed by atoms with van der Waals surface area (Å²) >= 11 is 0. The predicted octanol–water partition coefficient (Wildman–Crippen LogP) is 4.02. The number of carbonyl (C=O) groups is 2. The van der Waals surface area contributed by atoms with Crippen molar-refractivity contribution in [2.45, 2.75) is 71.1 Å². The van der Waals surface area contributed by atoms with Crippen LogP contribution < -0.4 is 10.6 Å². The van der Waals surface area contributed by atoms with Crippen LogP contribution in [0.15, 0.2) is 18.2 Å². The highest BCUT2D eigenvalue weighted by Gasteiger charge is 2.15. The molecule has 0 radical (unpaired) electrons. The Kier molecular flexibility index (Phi) is 10.7. The quantitative estimate of drug-likeness (QED) is 0.494. The predicted molar refractivity (Wildman–Crippen MR) is 135 cm³/mol. The molecule has 0 saturated carbocycles. The summed E-state index contributed by atoms with van der Waals surface area (Å²) in [6.45, 7) is 12.3. The molecule has 2 saturated heterocycles. The van der Waals surface area contributed by atoms with Crippen LogP contribution in [0.3, 0.4) is 0 Å². The Hall–Kier alpha value is -1.92. The molecule has 2 aliphatic rings. The Balaban J connectivity index is 1.48. The van der Waals surface area contributed by atoms with Gasteiger partial charge in [0.2, 0.25) is 0 Å². The van der Waals surface area contributed by atoms with Crippen LogP contribution in [0.2, 0.25) is 0 Å². The van der Waals surface area contributed by atoms with Gasteiger partial charge in [-0.1, -0.05) is 26.7 Å². The van der Waals surface area contributed by atoms with E-state index in [1.54, 1.807) is 6.07 Å². The van der Waals surface area contributed by atoms with Crippen LogP contribution in [0.25, 0.3) is 0 Å². The number of hydrogen-bond donors (Lipinski definition) is 2. The summed E-state index contributed by atoms with van der Waals surface area (Å²) in [5.74, 6) is 0.0769. The molecular weight excluding hydrogens is 412 g/mol. The van der Waals surface area contributed by atoms with Gasteiger partial charge in [0.05, 0.1) is 0 Å². The van der Waals surface area contributed by atoms with Gasteiger partial charge < -0.3 is 20.4 Å². The molecule has 1 aromatic carbocycles. The molecule has 2 heterocycles. The molecule has 2 amide bonds. The van der Waals surface area contributed by atoms with E-state index < -0.39 is 0 Å². The molecule has 2 fully saturated rings. The molecule has 0 atom stereocenters. The van der Waals surface area contributed by atoms with Gasteiger partial charge in [0.15, 0.2) is 0 Å². The second kappa shape index (κ2) is 13.7. The molecule has 2 N–H and O–H groups in total. The Bertz CT molecular complexity index is 696. The van der Waals surface area contributed by atoms with Gasteiger partial charge in [-0.15, -0.1) is 0 Å². The smallest absolute Gasteiger partial charge is 0.251 e. The summed E-state index contributed by atoms with van der Waals surface area (Å²) in [5.41, 5.74) is 2.18. The van der Waals surface area contributed by atoms with E-state index in [1.165, 1.54) is 64.7 Å². The zero-order chi connectivity index (χ0) is 23.5. The highest BCUT2D eigenvalue weighted by atomic mass is 16.2. The van der Waals surface area contributed by atoms with Gasteiger partial charge in [0.25, 0.3) is 11.8 Å². The molecule has 0 unspecified atom stereocenters. The van der Waals surface area contributed by atoms with Gasteiger partial charge in [-0.2, -0.15) is 0 Å². The molecule has 6 nitrogen and oxygen atoms in total. The van der Waals surface area contributed by atoms with Crippen molar-refractivity contribution >= 4 is 11.8 Å². The maximum absolute atomic E-state index is 12.8. The number of piperidine rings is 2. The SMILES string of the molecule is CC(C)c1cc(C(=O)NCCCN2CCCCC2)cc(C(=O)NCCCN2CCCCC2)c1. The van der Waals surface area contributed by atoms with Crippen LogP contribution in [-0.4, -0.2) is 74.0 Å². The average Bonchev–Trinajstić information content (AvgIpc) is 2.85. The van der Waals surface area contributed by atoms with E-state index in [4.69, 9.17) is 0 Å². The molecular formula is C27H44N4O2. The van der Waals surface area contributed by atoms with Crippen LogP contribution >= 0.6 is 0 Å². The van der Waals surface area contributed by atoms with Gasteiger partial charge in [-0.05, 0) is 107 Å². The third kappa shape index (κ3) is 8.74. The van der Waals surface area contributed by atoms with Crippen molar-refractivity contribution in [1.29, 1.82) is 0 Å². The Morgan fingerprint density at radius 1 is 0.727 bits per heavy atom. The largest absolute Gasteiger partial charge is 0.352 e. The lowest BCUT2D eigenvalue weighted by Crippen LogP contribution is -2.34. The fourth-order valence-corrected chi connectivity index (χ4v) is 4.83. The summed E-state index contributed by atoms with van der Waals surface area (Å²) in [5, 5.41) is 6.11. The lowest BCUT2D eigenvalue weighted by molar-refractivity contribution is 0.0950. The number of amides is 2. The van der Waals surface area contributed by atoms with Gasteiger partial charge in [0, 0.05) is 24.2 Å². The third-order valence-corrected chi connectivity index (χ3v) is 6.92. The monoisotopic (exact) mass is 456 g/mol. The first-order chi connectivity index (χ1) is 16.0. The Morgan fingerprint density at radius 3 is 1.55 bits per heavy atom. The number of carbonyl (C=O) groups excluding carboxylic acids is 2. The fourth-order valence-electron chi connectivity index (χ4n) is 4.83. The minimum atomic E-state index is -0.0877. The maximum Gasteiger partial charge on any atom is 0.251 e. The molecule has 1 aromatic rings. The Labute approximate surface area is 200 Å². The lowest BCUT2D eigenvalue weighted by atomic mass is 9.97. The van der Waals surface area contributed by atoms with E-state index in [-0.39, 0.29) is 17.7 Å². The van der Waals surface area contributed by atoms with Gasteiger partial charge in [-0.3, -0.25) is 9.59 Å². The number of nitrogens with one attached hydrogen (secondary N) is 2. The van der Waals surface area contributed by atoms with Crippen molar-refractivity contribution < 1.29 is 9.59 Å². The van der Waals surface area contributed by atoms with E-state index in [0.717, 1.165) is 31.5 Å². The fraction of sp³-hybridized carbons (Fsp3) is 0.704. The lowest BCUT2D eigenvalue weighted by Gasteiger charge is -2.26. The minimum Gasteiger partial charge on any atom is -0.352 e. The average molecular weight is 457 g/mol. The van der Waals surface area contributed by atoms with Gasteiger partial charge >= 0.3 is 0 Å². The first kappa shape index (κ1) is 25.7. The van der Waals surface area contributed by atoms with E-state index in [9.17, 15) is 9.59 Å². The summed E-state index contributed by atoms with van der Waals surface area (Å²) in [4.78, 5) is 30.6.